The summed E-state index contributed by atoms with van der Waals surface area (Å²) in [5.74, 6) is 0.186. The number of amides is 1. The molecule has 1 atom stereocenters. The molecule has 0 unspecified atom stereocenters. The summed E-state index contributed by atoms with van der Waals surface area (Å²) in [7, 11) is 0. The molecule has 0 saturated carbocycles. The SMILES string of the molecule is O=C(O)[C@@H]1CCCN1C(=O)Cn1c(COc2ccccc2)nc2ccccc21. The summed E-state index contributed by atoms with van der Waals surface area (Å²) in [4.78, 5) is 30.4. The second-order valence-electron chi connectivity index (χ2n) is 6.79. The average Bonchev–Trinajstić information content (AvgIpc) is 3.33. The van der Waals surface area contributed by atoms with Gasteiger partial charge < -0.3 is 19.3 Å². The van der Waals surface area contributed by atoms with E-state index < -0.39 is 12.0 Å². The Morgan fingerprint density at radius 3 is 2.64 bits per heavy atom. The first-order valence-corrected chi connectivity index (χ1v) is 9.28. The van der Waals surface area contributed by atoms with Gasteiger partial charge >= 0.3 is 5.97 Å². The van der Waals surface area contributed by atoms with Crippen molar-refractivity contribution in [2.45, 2.75) is 32.0 Å². The van der Waals surface area contributed by atoms with Crippen LogP contribution in [0.5, 0.6) is 5.75 Å². The molecule has 1 aromatic heterocycles. The van der Waals surface area contributed by atoms with Crippen molar-refractivity contribution in [1.82, 2.24) is 14.5 Å². The summed E-state index contributed by atoms with van der Waals surface area (Å²) in [6.45, 7) is 0.727. The fraction of sp³-hybridized carbons (Fsp3) is 0.286. The van der Waals surface area contributed by atoms with Gasteiger partial charge in [-0.3, -0.25) is 4.79 Å². The van der Waals surface area contributed by atoms with Crippen molar-refractivity contribution in [3.63, 3.8) is 0 Å². The van der Waals surface area contributed by atoms with Gasteiger partial charge in [-0.05, 0) is 37.1 Å². The van der Waals surface area contributed by atoms with Crippen LogP contribution in [0.1, 0.15) is 18.7 Å². The van der Waals surface area contributed by atoms with Gasteiger partial charge in [-0.15, -0.1) is 0 Å². The zero-order valence-electron chi connectivity index (χ0n) is 15.3. The van der Waals surface area contributed by atoms with Gasteiger partial charge in [0.25, 0.3) is 0 Å². The maximum atomic E-state index is 12.9. The average molecular weight is 379 g/mol. The monoisotopic (exact) mass is 379 g/mol. The zero-order valence-corrected chi connectivity index (χ0v) is 15.3. The number of likely N-dealkylation sites (tertiary alicyclic amines) is 1. The minimum absolute atomic E-state index is 0.0395. The molecule has 3 aromatic rings. The van der Waals surface area contributed by atoms with Crippen molar-refractivity contribution in [1.29, 1.82) is 0 Å². The fourth-order valence-electron chi connectivity index (χ4n) is 3.62. The Kier molecular flexibility index (Phi) is 4.97. The Balaban J connectivity index is 1.60. The second-order valence-corrected chi connectivity index (χ2v) is 6.79. The molecule has 4 rings (SSSR count). The third-order valence-electron chi connectivity index (χ3n) is 5.00. The van der Waals surface area contributed by atoms with Crippen molar-refractivity contribution in [2.24, 2.45) is 0 Å². The maximum absolute atomic E-state index is 12.9. The lowest BCUT2D eigenvalue weighted by atomic mass is 10.2. The number of aliphatic carboxylic acids is 1. The summed E-state index contributed by atoms with van der Waals surface area (Å²) in [5.41, 5.74) is 1.60. The fourth-order valence-corrected chi connectivity index (χ4v) is 3.62. The van der Waals surface area contributed by atoms with Crippen LogP contribution in [-0.4, -0.2) is 44.0 Å². The largest absolute Gasteiger partial charge is 0.486 e. The number of nitrogens with zero attached hydrogens (tertiary/aromatic N) is 3. The quantitative estimate of drug-likeness (QED) is 0.712. The number of aromatic nitrogens is 2. The van der Waals surface area contributed by atoms with Crippen LogP contribution < -0.4 is 4.74 Å². The molecule has 144 valence electrons. The highest BCUT2D eigenvalue weighted by Crippen LogP contribution is 2.21. The van der Waals surface area contributed by atoms with E-state index in [1.54, 1.807) is 0 Å². The van der Waals surface area contributed by atoms with Gasteiger partial charge in [-0.25, -0.2) is 9.78 Å². The number of hydrogen-bond donors (Lipinski definition) is 1. The van der Waals surface area contributed by atoms with Crippen molar-refractivity contribution < 1.29 is 19.4 Å². The Bertz CT molecular complexity index is 999. The predicted octanol–water partition coefficient (Wildman–Crippen LogP) is 2.69. The van der Waals surface area contributed by atoms with Gasteiger partial charge in [0.2, 0.25) is 5.91 Å². The first-order chi connectivity index (χ1) is 13.6. The molecular formula is C21H21N3O4. The number of benzene rings is 2. The van der Waals surface area contributed by atoms with Crippen molar-refractivity contribution in [2.75, 3.05) is 6.54 Å². The highest BCUT2D eigenvalue weighted by molar-refractivity contribution is 5.85. The summed E-state index contributed by atoms with van der Waals surface area (Å²) in [6, 6.07) is 16.2. The number of ether oxygens (including phenoxy) is 1. The van der Waals surface area contributed by atoms with Crippen LogP contribution >= 0.6 is 0 Å². The van der Waals surface area contributed by atoms with Crippen LogP contribution in [0.15, 0.2) is 54.6 Å². The number of hydrogen-bond acceptors (Lipinski definition) is 4. The van der Waals surface area contributed by atoms with Crippen LogP contribution in [0.25, 0.3) is 11.0 Å². The minimum atomic E-state index is -0.950. The van der Waals surface area contributed by atoms with E-state index in [1.165, 1.54) is 4.90 Å². The van der Waals surface area contributed by atoms with Crippen LogP contribution in [0, 0.1) is 0 Å². The van der Waals surface area contributed by atoms with Gasteiger partial charge in [0.1, 0.15) is 30.8 Å². The lowest BCUT2D eigenvalue weighted by Crippen LogP contribution is -2.42. The van der Waals surface area contributed by atoms with Gasteiger partial charge in [-0.1, -0.05) is 30.3 Å². The molecule has 2 heterocycles. The van der Waals surface area contributed by atoms with Crippen molar-refractivity contribution in [3.8, 4) is 5.75 Å². The van der Waals surface area contributed by atoms with Crippen LogP contribution in [0.2, 0.25) is 0 Å². The molecule has 1 fully saturated rings. The van der Waals surface area contributed by atoms with Crippen LogP contribution in [-0.2, 0) is 22.7 Å². The Labute approximate surface area is 162 Å². The zero-order chi connectivity index (χ0) is 19.5. The first kappa shape index (κ1) is 18.0. The number of carboxylic acids is 1. The molecular weight excluding hydrogens is 358 g/mol. The van der Waals surface area contributed by atoms with Crippen molar-refractivity contribution in [3.05, 3.63) is 60.4 Å². The van der Waals surface area contributed by atoms with E-state index in [4.69, 9.17) is 4.74 Å². The maximum Gasteiger partial charge on any atom is 0.326 e. The summed E-state index contributed by atoms with van der Waals surface area (Å²) < 4.78 is 7.64. The number of carbonyl (C=O) groups is 2. The standard InChI is InChI=1S/C21H21N3O4/c25-20(23-12-6-11-18(23)21(26)27)13-24-17-10-5-4-9-16(17)22-19(24)14-28-15-7-2-1-3-8-15/h1-5,7-10,18H,6,11-14H2,(H,26,27)/t18-/m0/s1. The number of carbonyl (C=O) groups excluding carboxylic acids is 1. The number of rotatable bonds is 6. The molecule has 1 aliphatic rings. The Morgan fingerprint density at radius 2 is 1.86 bits per heavy atom. The van der Waals surface area contributed by atoms with E-state index in [2.05, 4.69) is 4.98 Å². The van der Waals surface area contributed by atoms with Gasteiger partial charge in [0.15, 0.2) is 0 Å². The van der Waals surface area contributed by atoms with E-state index in [0.717, 1.165) is 16.8 Å². The van der Waals surface area contributed by atoms with E-state index in [-0.39, 0.29) is 19.1 Å². The molecule has 1 amide bonds. The second kappa shape index (κ2) is 7.72. The molecule has 0 bridgehead atoms. The third-order valence-corrected chi connectivity index (χ3v) is 5.00. The van der Waals surface area contributed by atoms with Crippen molar-refractivity contribution >= 4 is 22.9 Å². The first-order valence-electron chi connectivity index (χ1n) is 9.28. The normalized spacial score (nSPS) is 16.4. The lowest BCUT2D eigenvalue weighted by molar-refractivity contribution is -0.148. The van der Waals surface area contributed by atoms with E-state index >= 15 is 0 Å². The Morgan fingerprint density at radius 1 is 1.11 bits per heavy atom. The lowest BCUT2D eigenvalue weighted by Gasteiger charge is -2.22. The summed E-state index contributed by atoms with van der Waals surface area (Å²) in [6.07, 6.45) is 1.20. The van der Waals surface area contributed by atoms with Crippen LogP contribution in [0.4, 0.5) is 0 Å². The van der Waals surface area contributed by atoms with Gasteiger partial charge in [0, 0.05) is 6.54 Å². The molecule has 1 N–H and O–H groups in total. The molecule has 0 radical (unpaired) electrons. The number of carboxylic acid groups (broad SMARTS) is 1. The molecule has 0 aliphatic carbocycles. The highest BCUT2D eigenvalue weighted by Gasteiger charge is 2.34. The topological polar surface area (TPSA) is 84.7 Å². The smallest absolute Gasteiger partial charge is 0.326 e. The molecule has 2 aromatic carbocycles. The van der Waals surface area contributed by atoms with Gasteiger partial charge in [0.05, 0.1) is 11.0 Å². The molecule has 0 spiro atoms. The molecule has 7 nitrogen and oxygen atoms in total. The Hall–Kier alpha value is -3.35. The van der Waals surface area contributed by atoms with Crippen LogP contribution in [0.3, 0.4) is 0 Å². The molecule has 28 heavy (non-hydrogen) atoms. The van der Waals surface area contributed by atoms with Gasteiger partial charge in [-0.2, -0.15) is 0 Å². The van der Waals surface area contributed by atoms with E-state index in [9.17, 15) is 14.7 Å². The predicted molar refractivity (Wildman–Crippen MR) is 103 cm³/mol. The highest BCUT2D eigenvalue weighted by atomic mass is 16.5. The van der Waals surface area contributed by atoms with E-state index in [0.29, 0.717) is 25.2 Å². The summed E-state index contributed by atoms with van der Waals surface area (Å²) in [5, 5.41) is 9.36. The minimum Gasteiger partial charge on any atom is -0.486 e. The number of fused-ring (bicyclic) bond motifs is 1. The number of imidazole rings is 1. The molecule has 7 heteroatoms. The number of para-hydroxylation sites is 3. The summed E-state index contributed by atoms with van der Waals surface area (Å²) >= 11 is 0. The van der Waals surface area contributed by atoms with E-state index in [1.807, 2.05) is 59.2 Å². The molecule has 1 saturated heterocycles. The third kappa shape index (κ3) is 3.55. The molecule has 1 aliphatic heterocycles.